The van der Waals surface area contributed by atoms with E-state index in [0.29, 0.717) is 6.61 Å². The summed E-state index contributed by atoms with van der Waals surface area (Å²) in [6.07, 6.45) is 2.12. The maximum atomic E-state index is 11.8. The Morgan fingerprint density at radius 1 is 1.26 bits per heavy atom. The number of carbonyl (C=O) groups is 2. The van der Waals surface area contributed by atoms with Gasteiger partial charge in [0.25, 0.3) is 0 Å². The molecule has 1 aromatic heterocycles. The summed E-state index contributed by atoms with van der Waals surface area (Å²) in [4.78, 5) is 28.8. The van der Waals surface area contributed by atoms with Crippen LogP contribution in [0.15, 0.2) is 36.5 Å². The minimum absolute atomic E-state index is 0.0519. The van der Waals surface area contributed by atoms with Crippen LogP contribution in [-0.4, -0.2) is 29.2 Å². The molecule has 0 saturated heterocycles. The lowest BCUT2D eigenvalue weighted by Gasteiger charge is -2.12. The Balaban J connectivity index is 2.19. The summed E-state index contributed by atoms with van der Waals surface area (Å²) in [6.45, 7) is 2.09. The molecule has 6 heteroatoms. The molecule has 0 amide bonds. The standard InChI is InChI=1S/C17H18ClNO3S/c1-2-22-16(21)9-13(8-14(20)10-18)15-11-19-17(23-15)12-6-4-3-5-7-12/h3-7,11,13H,2,8-10H2,1H3. The Bertz CT molecular complexity index is 657. The van der Waals surface area contributed by atoms with Crippen molar-refractivity contribution in [2.45, 2.75) is 25.7 Å². The highest BCUT2D eigenvalue weighted by Crippen LogP contribution is 2.33. The normalized spacial score (nSPS) is 11.9. The first-order chi connectivity index (χ1) is 11.1. The second-order valence-corrected chi connectivity index (χ2v) is 6.35. The third-order valence-corrected chi connectivity index (χ3v) is 4.80. The molecule has 1 atom stereocenters. The number of Topliss-reactive ketones (excluding diaryl/α,β-unsaturated/α-hetero) is 1. The van der Waals surface area contributed by atoms with Crippen LogP contribution in [-0.2, 0) is 14.3 Å². The molecule has 0 fully saturated rings. The first-order valence-electron chi connectivity index (χ1n) is 7.38. The van der Waals surface area contributed by atoms with Gasteiger partial charge >= 0.3 is 5.97 Å². The molecule has 1 aromatic carbocycles. The molecular weight excluding hydrogens is 334 g/mol. The molecular formula is C17H18ClNO3S. The van der Waals surface area contributed by atoms with Crippen LogP contribution in [0.2, 0.25) is 0 Å². The Hall–Kier alpha value is -1.72. The monoisotopic (exact) mass is 351 g/mol. The number of hydrogen-bond donors (Lipinski definition) is 0. The Morgan fingerprint density at radius 2 is 2.00 bits per heavy atom. The lowest BCUT2D eigenvalue weighted by Crippen LogP contribution is -2.14. The fourth-order valence-electron chi connectivity index (χ4n) is 2.21. The molecule has 0 aliphatic rings. The second-order valence-electron chi connectivity index (χ2n) is 5.02. The molecule has 0 radical (unpaired) electrons. The van der Waals surface area contributed by atoms with Crippen molar-refractivity contribution >= 4 is 34.7 Å². The van der Waals surface area contributed by atoms with Crippen molar-refractivity contribution in [1.29, 1.82) is 0 Å². The lowest BCUT2D eigenvalue weighted by molar-refractivity contribution is -0.143. The number of thiazole rings is 1. The molecule has 0 N–H and O–H groups in total. The summed E-state index contributed by atoms with van der Waals surface area (Å²) >= 11 is 7.10. The van der Waals surface area contributed by atoms with Crippen LogP contribution in [0.5, 0.6) is 0 Å². The summed E-state index contributed by atoms with van der Waals surface area (Å²) in [6, 6.07) is 9.80. The predicted molar refractivity (Wildman–Crippen MR) is 91.9 cm³/mol. The largest absolute Gasteiger partial charge is 0.466 e. The van der Waals surface area contributed by atoms with Gasteiger partial charge in [-0.15, -0.1) is 22.9 Å². The van der Waals surface area contributed by atoms with Crippen molar-refractivity contribution < 1.29 is 14.3 Å². The molecule has 0 bridgehead atoms. The molecule has 0 spiro atoms. The lowest BCUT2D eigenvalue weighted by atomic mass is 9.98. The van der Waals surface area contributed by atoms with Crippen molar-refractivity contribution in [3.8, 4) is 10.6 Å². The molecule has 122 valence electrons. The molecule has 0 aliphatic heterocycles. The molecule has 23 heavy (non-hydrogen) atoms. The van der Waals surface area contributed by atoms with E-state index in [9.17, 15) is 9.59 Å². The van der Waals surface area contributed by atoms with Gasteiger partial charge in [-0.25, -0.2) is 4.98 Å². The fourth-order valence-corrected chi connectivity index (χ4v) is 3.34. The topological polar surface area (TPSA) is 56.3 Å². The number of halogens is 1. The van der Waals surface area contributed by atoms with E-state index in [1.807, 2.05) is 30.3 Å². The van der Waals surface area contributed by atoms with Crippen LogP contribution in [0, 0.1) is 0 Å². The van der Waals surface area contributed by atoms with Crippen LogP contribution >= 0.6 is 22.9 Å². The smallest absolute Gasteiger partial charge is 0.306 e. The Labute approximate surface area is 144 Å². The number of rotatable bonds is 8. The van der Waals surface area contributed by atoms with E-state index in [1.165, 1.54) is 11.3 Å². The van der Waals surface area contributed by atoms with E-state index in [0.717, 1.165) is 15.4 Å². The maximum absolute atomic E-state index is 11.8. The zero-order chi connectivity index (χ0) is 16.7. The van der Waals surface area contributed by atoms with Gasteiger partial charge in [-0.1, -0.05) is 30.3 Å². The van der Waals surface area contributed by atoms with E-state index in [4.69, 9.17) is 16.3 Å². The number of benzene rings is 1. The second kappa shape index (κ2) is 8.79. The van der Waals surface area contributed by atoms with Gasteiger partial charge < -0.3 is 4.74 Å². The van der Waals surface area contributed by atoms with Gasteiger partial charge in [-0.05, 0) is 6.92 Å². The molecule has 0 saturated carbocycles. The molecule has 2 rings (SSSR count). The molecule has 2 aromatic rings. The number of nitrogens with zero attached hydrogens (tertiary/aromatic N) is 1. The van der Waals surface area contributed by atoms with Crippen LogP contribution in [0.3, 0.4) is 0 Å². The molecule has 0 aliphatic carbocycles. The van der Waals surface area contributed by atoms with Gasteiger partial charge in [0.2, 0.25) is 0 Å². The number of ketones is 1. The number of aromatic nitrogens is 1. The number of alkyl halides is 1. The van der Waals surface area contributed by atoms with E-state index in [-0.39, 0.29) is 36.4 Å². The Morgan fingerprint density at radius 3 is 2.65 bits per heavy atom. The fraction of sp³-hybridized carbons (Fsp3) is 0.353. The average Bonchev–Trinajstić information content (AvgIpc) is 3.05. The first kappa shape index (κ1) is 17.6. The maximum Gasteiger partial charge on any atom is 0.306 e. The van der Waals surface area contributed by atoms with Crippen LogP contribution in [0.4, 0.5) is 0 Å². The van der Waals surface area contributed by atoms with Gasteiger partial charge in [0, 0.05) is 29.0 Å². The van der Waals surface area contributed by atoms with Gasteiger partial charge in [0.1, 0.15) is 10.8 Å². The average molecular weight is 352 g/mol. The van der Waals surface area contributed by atoms with Gasteiger partial charge in [-0.2, -0.15) is 0 Å². The summed E-state index contributed by atoms with van der Waals surface area (Å²) in [5.74, 6) is -0.690. The molecule has 4 nitrogen and oxygen atoms in total. The highest BCUT2D eigenvalue weighted by Gasteiger charge is 2.22. The Kier molecular flexibility index (Phi) is 6.74. The summed E-state index contributed by atoms with van der Waals surface area (Å²) < 4.78 is 5.00. The van der Waals surface area contributed by atoms with E-state index in [2.05, 4.69) is 4.98 Å². The van der Waals surface area contributed by atoms with E-state index >= 15 is 0 Å². The highest BCUT2D eigenvalue weighted by atomic mass is 35.5. The summed E-state index contributed by atoms with van der Waals surface area (Å²) in [7, 11) is 0. The molecule has 1 unspecified atom stereocenters. The SMILES string of the molecule is CCOC(=O)CC(CC(=O)CCl)c1cnc(-c2ccccc2)s1. The van der Waals surface area contributed by atoms with Crippen molar-refractivity contribution in [3.05, 3.63) is 41.4 Å². The van der Waals surface area contributed by atoms with E-state index < -0.39 is 0 Å². The zero-order valence-electron chi connectivity index (χ0n) is 12.8. The highest BCUT2D eigenvalue weighted by molar-refractivity contribution is 7.15. The van der Waals surface area contributed by atoms with Crippen molar-refractivity contribution in [2.24, 2.45) is 0 Å². The van der Waals surface area contributed by atoms with Gasteiger partial charge in [0.15, 0.2) is 0 Å². The van der Waals surface area contributed by atoms with Gasteiger partial charge in [0.05, 0.1) is 18.9 Å². The minimum Gasteiger partial charge on any atom is -0.466 e. The zero-order valence-corrected chi connectivity index (χ0v) is 14.4. The molecule has 1 heterocycles. The number of esters is 1. The number of hydrogen-bond acceptors (Lipinski definition) is 5. The minimum atomic E-state index is -0.311. The van der Waals surface area contributed by atoms with Gasteiger partial charge in [-0.3, -0.25) is 9.59 Å². The van der Waals surface area contributed by atoms with Crippen molar-refractivity contribution in [2.75, 3.05) is 12.5 Å². The third-order valence-electron chi connectivity index (χ3n) is 3.29. The first-order valence-corrected chi connectivity index (χ1v) is 8.73. The van der Waals surface area contributed by atoms with Crippen LogP contribution in [0.25, 0.3) is 10.6 Å². The third kappa shape index (κ3) is 5.15. The van der Waals surface area contributed by atoms with Crippen LogP contribution in [0.1, 0.15) is 30.6 Å². The number of ether oxygens (including phenoxy) is 1. The predicted octanol–water partition coefficient (Wildman–Crippen LogP) is 4.04. The van der Waals surface area contributed by atoms with Crippen molar-refractivity contribution in [1.82, 2.24) is 4.98 Å². The summed E-state index contributed by atoms with van der Waals surface area (Å²) in [5.41, 5.74) is 1.02. The van der Waals surface area contributed by atoms with Crippen LogP contribution < -0.4 is 0 Å². The number of carbonyl (C=O) groups excluding carboxylic acids is 2. The van der Waals surface area contributed by atoms with Crippen molar-refractivity contribution in [3.63, 3.8) is 0 Å². The quantitative estimate of drug-likeness (QED) is 0.532. The summed E-state index contributed by atoms with van der Waals surface area (Å²) in [5, 5.41) is 0.868. The van der Waals surface area contributed by atoms with E-state index in [1.54, 1.807) is 13.1 Å².